The van der Waals surface area contributed by atoms with Gasteiger partial charge in [0, 0.05) is 20.0 Å². The second-order valence-corrected chi connectivity index (χ2v) is 5.36. The highest BCUT2D eigenvalue weighted by Gasteiger charge is 2.41. The fraction of sp³-hybridized carbons (Fsp3) is 1.00. The minimum atomic E-state index is -0.385. The number of rotatable bonds is 9. The van der Waals surface area contributed by atoms with Crippen LogP contribution in [0.5, 0.6) is 0 Å². The highest BCUT2D eigenvalue weighted by molar-refractivity contribution is 4.94. The molecule has 0 aromatic heterocycles. The summed E-state index contributed by atoms with van der Waals surface area (Å²) in [6, 6.07) is 0. The van der Waals surface area contributed by atoms with E-state index in [2.05, 4.69) is 6.92 Å². The van der Waals surface area contributed by atoms with Gasteiger partial charge in [0.25, 0.3) is 0 Å². The number of aliphatic hydroxyl groups is 1. The largest absolute Gasteiger partial charge is 0.390 e. The molecule has 1 aliphatic rings. The van der Waals surface area contributed by atoms with Gasteiger partial charge in [0.2, 0.25) is 0 Å². The molecule has 0 saturated heterocycles. The zero-order valence-corrected chi connectivity index (χ0v) is 11.0. The molecule has 0 unspecified atom stereocenters. The van der Waals surface area contributed by atoms with Crippen LogP contribution in [0.15, 0.2) is 0 Å². The lowest BCUT2D eigenvalue weighted by molar-refractivity contribution is -0.131. The van der Waals surface area contributed by atoms with Gasteiger partial charge < -0.3 is 9.84 Å². The maximum Gasteiger partial charge on any atom is 0.0697 e. The van der Waals surface area contributed by atoms with Crippen molar-refractivity contribution in [3.8, 4) is 0 Å². The molecule has 1 aliphatic carbocycles. The Morgan fingerprint density at radius 3 is 2.19 bits per heavy atom. The zero-order valence-electron chi connectivity index (χ0n) is 11.0. The highest BCUT2D eigenvalue weighted by Crippen LogP contribution is 2.38. The van der Waals surface area contributed by atoms with Crippen LogP contribution in [0.25, 0.3) is 0 Å². The third-order valence-corrected chi connectivity index (χ3v) is 3.79. The van der Waals surface area contributed by atoms with Gasteiger partial charge in [0.15, 0.2) is 0 Å². The fourth-order valence-corrected chi connectivity index (χ4v) is 2.57. The van der Waals surface area contributed by atoms with Gasteiger partial charge in [-0.3, -0.25) is 0 Å². The van der Waals surface area contributed by atoms with Gasteiger partial charge >= 0.3 is 0 Å². The van der Waals surface area contributed by atoms with E-state index in [-0.39, 0.29) is 5.60 Å². The standard InChI is InChI=1S/C14H28O2/c1-3-4-5-6-7-8-9-10-14(15)11-13(12-14)16-2/h13,15H,3-12H2,1-2H3. The summed E-state index contributed by atoms with van der Waals surface area (Å²) in [7, 11) is 1.73. The first-order valence-electron chi connectivity index (χ1n) is 6.95. The number of methoxy groups -OCH3 is 1. The summed E-state index contributed by atoms with van der Waals surface area (Å²) in [6.07, 6.45) is 12.2. The highest BCUT2D eigenvalue weighted by atomic mass is 16.5. The summed E-state index contributed by atoms with van der Waals surface area (Å²) in [5, 5.41) is 10.1. The SMILES string of the molecule is CCCCCCCCCC1(O)CC(OC)C1. The lowest BCUT2D eigenvalue weighted by atomic mass is 9.74. The molecule has 0 heterocycles. The molecule has 0 atom stereocenters. The lowest BCUT2D eigenvalue weighted by Crippen LogP contribution is -2.47. The van der Waals surface area contributed by atoms with Gasteiger partial charge in [0.1, 0.15) is 0 Å². The average molecular weight is 228 g/mol. The maximum atomic E-state index is 10.1. The van der Waals surface area contributed by atoms with E-state index in [9.17, 15) is 5.11 Å². The second kappa shape index (κ2) is 7.29. The summed E-state index contributed by atoms with van der Waals surface area (Å²) in [5.74, 6) is 0. The Morgan fingerprint density at radius 2 is 1.62 bits per heavy atom. The van der Waals surface area contributed by atoms with Crippen LogP contribution in [-0.2, 0) is 4.74 Å². The van der Waals surface area contributed by atoms with E-state index in [1.165, 1.54) is 44.9 Å². The zero-order chi connectivity index (χ0) is 11.9. The molecule has 0 amide bonds. The van der Waals surface area contributed by atoms with Crippen LogP contribution in [0.3, 0.4) is 0 Å². The first kappa shape index (κ1) is 14.0. The van der Waals surface area contributed by atoms with Crippen LogP contribution in [0.4, 0.5) is 0 Å². The van der Waals surface area contributed by atoms with Crippen LogP contribution in [-0.4, -0.2) is 23.9 Å². The van der Waals surface area contributed by atoms with Crippen molar-refractivity contribution in [2.24, 2.45) is 0 Å². The molecule has 96 valence electrons. The quantitative estimate of drug-likeness (QED) is 0.610. The third kappa shape index (κ3) is 4.84. The monoisotopic (exact) mass is 228 g/mol. The Labute approximate surface area is 100 Å². The molecule has 0 aromatic carbocycles. The molecule has 0 radical (unpaired) electrons. The van der Waals surface area contributed by atoms with Crippen molar-refractivity contribution in [3.05, 3.63) is 0 Å². The van der Waals surface area contributed by atoms with Gasteiger partial charge in [-0.15, -0.1) is 0 Å². The predicted octanol–water partition coefficient (Wildman–Crippen LogP) is 3.67. The summed E-state index contributed by atoms with van der Waals surface area (Å²) < 4.78 is 5.19. The van der Waals surface area contributed by atoms with E-state index in [0.29, 0.717) is 6.10 Å². The van der Waals surface area contributed by atoms with E-state index in [1.807, 2.05) is 0 Å². The Bertz CT molecular complexity index is 174. The Kier molecular flexibility index (Phi) is 6.37. The van der Waals surface area contributed by atoms with Crippen molar-refractivity contribution in [2.75, 3.05) is 7.11 Å². The van der Waals surface area contributed by atoms with Crippen LogP contribution < -0.4 is 0 Å². The number of hydrogen-bond donors (Lipinski definition) is 1. The lowest BCUT2D eigenvalue weighted by Gasteiger charge is -2.42. The topological polar surface area (TPSA) is 29.5 Å². The van der Waals surface area contributed by atoms with E-state index in [0.717, 1.165) is 19.3 Å². The molecule has 2 heteroatoms. The fourth-order valence-electron chi connectivity index (χ4n) is 2.57. The molecule has 16 heavy (non-hydrogen) atoms. The summed E-state index contributed by atoms with van der Waals surface area (Å²) in [5.41, 5.74) is -0.385. The van der Waals surface area contributed by atoms with Crippen molar-refractivity contribution in [1.82, 2.24) is 0 Å². The first-order chi connectivity index (χ1) is 7.70. The molecule has 1 N–H and O–H groups in total. The Hall–Kier alpha value is -0.0800. The minimum absolute atomic E-state index is 0.314. The third-order valence-electron chi connectivity index (χ3n) is 3.79. The van der Waals surface area contributed by atoms with E-state index in [4.69, 9.17) is 4.74 Å². The maximum absolute atomic E-state index is 10.1. The summed E-state index contributed by atoms with van der Waals surface area (Å²) in [4.78, 5) is 0. The van der Waals surface area contributed by atoms with Crippen molar-refractivity contribution >= 4 is 0 Å². The molecule has 0 spiro atoms. The summed E-state index contributed by atoms with van der Waals surface area (Å²) >= 11 is 0. The average Bonchev–Trinajstić information content (AvgIpc) is 2.24. The normalized spacial score (nSPS) is 29.1. The second-order valence-electron chi connectivity index (χ2n) is 5.36. The van der Waals surface area contributed by atoms with Crippen molar-refractivity contribution in [3.63, 3.8) is 0 Å². The molecule has 0 aliphatic heterocycles. The molecule has 0 bridgehead atoms. The smallest absolute Gasteiger partial charge is 0.0697 e. The number of hydrogen-bond acceptors (Lipinski definition) is 2. The van der Waals surface area contributed by atoms with Gasteiger partial charge in [-0.2, -0.15) is 0 Å². The van der Waals surface area contributed by atoms with Crippen LogP contribution >= 0.6 is 0 Å². The molecule has 1 fully saturated rings. The van der Waals surface area contributed by atoms with E-state index >= 15 is 0 Å². The minimum Gasteiger partial charge on any atom is -0.390 e. The molecule has 1 rings (SSSR count). The van der Waals surface area contributed by atoms with Crippen molar-refractivity contribution in [2.45, 2.75) is 82.8 Å². The van der Waals surface area contributed by atoms with Gasteiger partial charge in [-0.25, -0.2) is 0 Å². The molecular weight excluding hydrogens is 200 g/mol. The number of ether oxygens (including phenoxy) is 1. The van der Waals surface area contributed by atoms with Crippen LogP contribution in [0, 0.1) is 0 Å². The molecular formula is C14H28O2. The Morgan fingerprint density at radius 1 is 1.06 bits per heavy atom. The number of unbranched alkanes of at least 4 members (excludes halogenated alkanes) is 6. The van der Waals surface area contributed by atoms with Crippen LogP contribution in [0.2, 0.25) is 0 Å². The van der Waals surface area contributed by atoms with Crippen molar-refractivity contribution < 1.29 is 9.84 Å². The van der Waals surface area contributed by atoms with Gasteiger partial charge in [0.05, 0.1) is 11.7 Å². The van der Waals surface area contributed by atoms with Gasteiger partial charge in [-0.1, -0.05) is 51.9 Å². The molecule has 2 nitrogen and oxygen atoms in total. The van der Waals surface area contributed by atoms with E-state index < -0.39 is 0 Å². The molecule has 0 aromatic rings. The van der Waals surface area contributed by atoms with E-state index in [1.54, 1.807) is 7.11 Å². The first-order valence-corrected chi connectivity index (χ1v) is 6.95. The molecule has 1 saturated carbocycles. The van der Waals surface area contributed by atoms with Crippen LogP contribution in [0.1, 0.15) is 71.1 Å². The summed E-state index contributed by atoms with van der Waals surface area (Å²) in [6.45, 7) is 2.25. The predicted molar refractivity (Wildman–Crippen MR) is 67.6 cm³/mol. The van der Waals surface area contributed by atoms with Gasteiger partial charge in [-0.05, 0) is 6.42 Å². The van der Waals surface area contributed by atoms with Crippen molar-refractivity contribution in [1.29, 1.82) is 0 Å². The Balaban J connectivity index is 1.88.